The lowest BCUT2D eigenvalue weighted by Gasteiger charge is -2.20. The van der Waals surface area contributed by atoms with Gasteiger partial charge >= 0.3 is 5.97 Å². The van der Waals surface area contributed by atoms with Crippen molar-refractivity contribution in [1.82, 2.24) is 4.90 Å². The highest BCUT2D eigenvalue weighted by molar-refractivity contribution is 5.95. The predicted octanol–water partition coefficient (Wildman–Crippen LogP) is 1.09. The molecule has 1 heterocycles. The third-order valence-electron chi connectivity index (χ3n) is 3.01. The van der Waals surface area contributed by atoms with Gasteiger partial charge in [0, 0.05) is 19.2 Å². The molecular formula is C14H17NO5. The Hall–Kier alpha value is -2.24. The van der Waals surface area contributed by atoms with E-state index in [0.29, 0.717) is 36.8 Å². The van der Waals surface area contributed by atoms with Gasteiger partial charge in [-0.2, -0.15) is 0 Å². The van der Waals surface area contributed by atoms with Crippen LogP contribution in [0.15, 0.2) is 18.2 Å². The van der Waals surface area contributed by atoms with Crippen molar-refractivity contribution in [2.24, 2.45) is 0 Å². The fourth-order valence-electron chi connectivity index (χ4n) is 1.86. The van der Waals surface area contributed by atoms with Crippen molar-refractivity contribution < 1.29 is 23.8 Å². The number of amides is 1. The third kappa shape index (κ3) is 3.20. The van der Waals surface area contributed by atoms with E-state index in [9.17, 15) is 9.59 Å². The van der Waals surface area contributed by atoms with Gasteiger partial charge in [0.1, 0.15) is 13.2 Å². The summed E-state index contributed by atoms with van der Waals surface area (Å²) >= 11 is 0. The van der Waals surface area contributed by atoms with E-state index in [1.54, 1.807) is 25.2 Å². The highest BCUT2D eigenvalue weighted by Crippen LogP contribution is 2.31. The minimum absolute atomic E-state index is 0.170. The minimum atomic E-state index is -0.341. The second kappa shape index (κ2) is 6.27. The molecule has 0 atom stereocenters. The Kier molecular flexibility index (Phi) is 4.45. The summed E-state index contributed by atoms with van der Waals surface area (Å²) < 4.78 is 15.4. The lowest BCUT2D eigenvalue weighted by molar-refractivity contribution is -0.140. The van der Waals surface area contributed by atoms with E-state index in [-0.39, 0.29) is 18.3 Å². The zero-order valence-corrected chi connectivity index (χ0v) is 11.5. The normalized spacial score (nSPS) is 12.7. The molecule has 1 amide bonds. The summed E-state index contributed by atoms with van der Waals surface area (Å²) in [6, 6.07) is 5.06. The lowest BCUT2D eigenvalue weighted by Crippen LogP contribution is -2.29. The molecule has 0 fully saturated rings. The zero-order chi connectivity index (χ0) is 14.5. The van der Waals surface area contributed by atoms with Crippen LogP contribution in [0.25, 0.3) is 0 Å². The summed E-state index contributed by atoms with van der Waals surface area (Å²) in [6.45, 7) is 1.29. The Labute approximate surface area is 117 Å². The van der Waals surface area contributed by atoms with Crippen LogP contribution in [0.5, 0.6) is 11.5 Å². The molecule has 20 heavy (non-hydrogen) atoms. The van der Waals surface area contributed by atoms with Crippen LogP contribution in [-0.4, -0.2) is 50.7 Å². The van der Waals surface area contributed by atoms with Gasteiger partial charge in [-0.1, -0.05) is 0 Å². The molecule has 1 aliphatic heterocycles. The van der Waals surface area contributed by atoms with E-state index in [0.717, 1.165) is 0 Å². The average Bonchev–Trinajstić information content (AvgIpc) is 2.50. The van der Waals surface area contributed by atoms with E-state index in [2.05, 4.69) is 4.74 Å². The van der Waals surface area contributed by atoms with Gasteiger partial charge in [0.05, 0.1) is 13.5 Å². The van der Waals surface area contributed by atoms with Crippen molar-refractivity contribution in [2.75, 3.05) is 33.9 Å². The zero-order valence-electron chi connectivity index (χ0n) is 11.5. The molecule has 0 unspecified atom stereocenters. The summed E-state index contributed by atoms with van der Waals surface area (Å²) in [7, 11) is 2.97. The first-order chi connectivity index (χ1) is 9.61. The second-order valence-electron chi connectivity index (χ2n) is 4.41. The molecule has 2 rings (SSSR count). The largest absolute Gasteiger partial charge is 0.486 e. The van der Waals surface area contributed by atoms with Crippen molar-refractivity contribution in [3.63, 3.8) is 0 Å². The number of nitrogens with zero attached hydrogens (tertiary/aromatic N) is 1. The lowest BCUT2D eigenvalue weighted by atomic mass is 10.1. The van der Waals surface area contributed by atoms with Crippen molar-refractivity contribution in [3.05, 3.63) is 23.8 Å². The quantitative estimate of drug-likeness (QED) is 0.772. The van der Waals surface area contributed by atoms with Crippen molar-refractivity contribution >= 4 is 11.9 Å². The Bertz CT molecular complexity index is 514. The van der Waals surface area contributed by atoms with Crippen LogP contribution >= 0.6 is 0 Å². The van der Waals surface area contributed by atoms with Gasteiger partial charge in [-0.15, -0.1) is 0 Å². The first-order valence-corrected chi connectivity index (χ1v) is 6.33. The number of rotatable bonds is 4. The summed E-state index contributed by atoms with van der Waals surface area (Å²) in [6.07, 6.45) is 0.170. The number of carbonyl (C=O) groups is 2. The molecule has 1 aromatic carbocycles. The van der Waals surface area contributed by atoms with Crippen LogP contribution in [0.3, 0.4) is 0 Å². The molecule has 0 radical (unpaired) electrons. The van der Waals surface area contributed by atoms with E-state index >= 15 is 0 Å². The SMILES string of the molecule is COC(=O)CCN(C)C(=O)c1ccc2c(c1)OCCO2. The first-order valence-electron chi connectivity index (χ1n) is 6.33. The number of esters is 1. The fourth-order valence-corrected chi connectivity index (χ4v) is 1.86. The number of methoxy groups -OCH3 is 1. The third-order valence-corrected chi connectivity index (χ3v) is 3.01. The van der Waals surface area contributed by atoms with Gasteiger partial charge < -0.3 is 19.1 Å². The molecule has 6 nitrogen and oxygen atoms in total. The molecule has 0 aromatic heterocycles. The Morgan fingerprint density at radius 1 is 1.25 bits per heavy atom. The molecule has 0 N–H and O–H groups in total. The number of benzene rings is 1. The molecule has 1 aromatic rings. The van der Waals surface area contributed by atoms with E-state index in [1.165, 1.54) is 12.0 Å². The number of hydrogen-bond acceptors (Lipinski definition) is 5. The Balaban J connectivity index is 2.03. The molecule has 1 aliphatic rings. The number of ether oxygens (including phenoxy) is 3. The maximum atomic E-state index is 12.2. The highest BCUT2D eigenvalue weighted by Gasteiger charge is 2.17. The van der Waals surface area contributed by atoms with Gasteiger partial charge in [-0.05, 0) is 18.2 Å². The van der Waals surface area contributed by atoms with Crippen LogP contribution in [0, 0.1) is 0 Å². The molecule has 0 aliphatic carbocycles. The number of carbonyl (C=O) groups excluding carboxylic acids is 2. The monoisotopic (exact) mass is 279 g/mol. The molecule has 0 spiro atoms. The predicted molar refractivity (Wildman–Crippen MR) is 71.0 cm³/mol. The summed E-state index contributed by atoms with van der Waals surface area (Å²) in [5.74, 6) is 0.700. The maximum absolute atomic E-state index is 12.2. The van der Waals surface area contributed by atoms with Gasteiger partial charge in [0.25, 0.3) is 5.91 Å². The molecule has 108 valence electrons. The smallest absolute Gasteiger partial charge is 0.307 e. The summed E-state index contributed by atoms with van der Waals surface area (Å²) in [5, 5.41) is 0. The van der Waals surface area contributed by atoms with Crippen molar-refractivity contribution in [3.8, 4) is 11.5 Å². The second-order valence-corrected chi connectivity index (χ2v) is 4.41. The van der Waals surface area contributed by atoms with Crippen LogP contribution in [0.1, 0.15) is 16.8 Å². The maximum Gasteiger partial charge on any atom is 0.307 e. The molecule has 6 heteroatoms. The fraction of sp³-hybridized carbons (Fsp3) is 0.429. The Morgan fingerprint density at radius 3 is 2.65 bits per heavy atom. The topological polar surface area (TPSA) is 65.1 Å². The van der Waals surface area contributed by atoms with Crippen molar-refractivity contribution in [2.45, 2.75) is 6.42 Å². The minimum Gasteiger partial charge on any atom is -0.486 e. The highest BCUT2D eigenvalue weighted by atomic mass is 16.6. The van der Waals surface area contributed by atoms with Gasteiger partial charge in [0.2, 0.25) is 0 Å². The van der Waals surface area contributed by atoms with Gasteiger partial charge in [0.15, 0.2) is 11.5 Å². The molecule has 0 bridgehead atoms. The van der Waals surface area contributed by atoms with E-state index < -0.39 is 0 Å². The molecule has 0 saturated heterocycles. The van der Waals surface area contributed by atoms with E-state index in [1.807, 2.05) is 0 Å². The number of fused-ring (bicyclic) bond motifs is 1. The van der Waals surface area contributed by atoms with Crippen molar-refractivity contribution in [1.29, 1.82) is 0 Å². The van der Waals surface area contributed by atoms with Gasteiger partial charge in [-0.25, -0.2) is 0 Å². The average molecular weight is 279 g/mol. The van der Waals surface area contributed by atoms with Crippen LogP contribution in [0.4, 0.5) is 0 Å². The van der Waals surface area contributed by atoms with E-state index in [4.69, 9.17) is 9.47 Å². The van der Waals surface area contributed by atoms with Gasteiger partial charge in [-0.3, -0.25) is 9.59 Å². The van der Waals surface area contributed by atoms with Crippen LogP contribution in [-0.2, 0) is 9.53 Å². The molecule has 0 saturated carbocycles. The first kappa shape index (κ1) is 14.2. The number of hydrogen-bond donors (Lipinski definition) is 0. The summed E-state index contributed by atoms with van der Waals surface area (Å²) in [5.41, 5.74) is 0.501. The Morgan fingerprint density at radius 2 is 1.95 bits per heavy atom. The summed E-state index contributed by atoms with van der Waals surface area (Å²) in [4.78, 5) is 24.8. The van der Waals surface area contributed by atoms with Crippen LogP contribution in [0.2, 0.25) is 0 Å². The molecular weight excluding hydrogens is 262 g/mol. The standard InChI is InChI=1S/C14H17NO5/c1-15(6-5-13(16)18-2)14(17)10-3-4-11-12(9-10)20-8-7-19-11/h3-4,9H,5-8H2,1-2H3. The van der Waals surface area contributed by atoms with Crippen LogP contribution < -0.4 is 9.47 Å².